The molecule has 0 aliphatic rings. The van der Waals surface area contributed by atoms with Crippen LogP contribution in [0, 0.1) is 5.92 Å². The van der Waals surface area contributed by atoms with E-state index in [4.69, 9.17) is 0 Å². The standard InChI is InChI=1S/C26H53S/c1-3-5-7-9-11-13-15-17-19-21-23-26(25-27)24-22-20-18-16-14-12-10-8-6-4-2/h27H,3-25H2,1-2H3. The summed E-state index contributed by atoms with van der Waals surface area (Å²) in [7, 11) is 0. The van der Waals surface area contributed by atoms with Crippen molar-refractivity contribution in [3.63, 3.8) is 0 Å². The molecule has 1 radical (unpaired) electrons. The molecule has 1 heteroatoms. The van der Waals surface area contributed by atoms with Crippen molar-refractivity contribution in [2.75, 3.05) is 5.75 Å². The molecule has 0 unspecified atom stereocenters. The fraction of sp³-hybridized carbons (Fsp3) is 0.962. The highest BCUT2D eigenvalue weighted by Crippen LogP contribution is 2.22. The second-order valence-corrected chi connectivity index (χ2v) is 9.09. The molecule has 0 aliphatic carbocycles. The van der Waals surface area contributed by atoms with E-state index in [1.807, 2.05) is 0 Å². The van der Waals surface area contributed by atoms with Gasteiger partial charge in [-0.25, -0.2) is 0 Å². The molecule has 0 atom stereocenters. The van der Waals surface area contributed by atoms with Crippen LogP contribution in [0.4, 0.5) is 0 Å². The molecule has 0 aliphatic heterocycles. The first-order valence-electron chi connectivity index (χ1n) is 12.8. The quantitative estimate of drug-likeness (QED) is 0.129. The lowest BCUT2D eigenvalue weighted by Gasteiger charge is -2.13. The largest absolute Gasteiger partial charge is 0.179 e. The molecule has 0 aromatic heterocycles. The van der Waals surface area contributed by atoms with E-state index in [1.54, 1.807) is 5.92 Å². The second kappa shape index (κ2) is 24.4. The Kier molecular flexibility index (Phi) is 24.7. The SMILES string of the molecule is CCCCCCCCCCCC[C](CS)CCCCCCCCCCCC. The van der Waals surface area contributed by atoms with Gasteiger partial charge in [0, 0.05) is 0 Å². The highest BCUT2D eigenvalue weighted by atomic mass is 32.1. The van der Waals surface area contributed by atoms with Crippen molar-refractivity contribution in [2.24, 2.45) is 0 Å². The summed E-state index contributed by atoms with van der Waals surface area (Å²) >= 11 is 4.58. The van der Waals surface area contributed by atoms with Crippen LogP contribution in [0.2, 0.25) is 0 Å². The van der Waals surface area contributed by atoms with E-state index in [-0.39, 0.29) is 0 Å². The maximum Gasteiger partial charge on any atom is -0.00355 e. The average Bonchev–Trinajstić information content (AvgIpc) is 2.69. The number of rotatable bonds is 23. The minimum Gasteiger partial charge on any atom is -0.179 e. The molecule has 0 saturated carbocycles. The average molecular weight is 398 g/mol. The van der Waals surface area contributed by atoms with Gasteiger partial charge in [-0.15, -0.1) is 0 Å². The van der Waals surface area contributed by atoms with Crippen molar-refractivity contribution in [2.45, 2.75) is 155 Å². The Hall–Kier alpha value is 0.350. The lowest BCUT2D eigenvalue weighted by molar-refractivity contribution is 0.533. The highest BCUT2D eigenvalue weighted by molar-refractivity contribution is 7.80. The number of hydrogen-bond acceptors (Lipinski definition) is 1. The van der Waals surface area contributed by atoms with Crippen LogP contribution in [0.5, 0.6) is 0 Å². The molecule has 27 heavy (non-hydrogen) atoms. The van der Waals surface area contributed by atoms with Crippen LogP contribution in [0.25, 0.3) is 0 Å². The van der Waals surface area contributed by atoms with Crippen molar-refractivity contribution in [3.05, 3.63) is 5.92 Å². The van der Waals surface area contributed by atoms with Crippen LogP contribution in [0.1, 0.15) is 155 Å². The monoisotopic (exact) mass is 397 g/mol. The minimum atomic E-state index is 1.02. The van der Waals surface area contributed by atoms with Crippen LogP contribution in [0.3, 0.4) is 0 Å². The van der Waals surface area contributed by atoms with Crippen LogP contribution in [-0.2, 0) is 0 Å². The Morgan fingerprint density at radius 3 is 0.926 bits per heavy atom. The van der Waals surface area contributed by atoms with E-state index in [0.29, 0.717) is 0 Å². The zero-order valence-corrected chi connectivity index (χ0v) is 20.1. The van der Waals surface area contributed by atoms with Gasteiger partial charge in [0.25, 0.3) is 0 Å². The third-order valence-electron chi connectivity index (χ3n) is 5.99. The van der Waals surface area contributed by atoms with Crippen LogP contribution < -0.4 is 0 Å². The first-order chi connectivity index (χ1) is 13.3. The van der Waals surface area contributed by atoms with E-state index >= 15 is 0 Å². The van der Waals surface area contributed by atoms with E-state index in [1.165, 1.54) is 141 Å². The molecule has 0 N–H and O–H groups in total. The zero-order chi connectivity index (χ0) is 19.8. The van der Waals surface area contributed by atoms with Gasteiger partial charge in [-0.05, 0) is 24.5 Å². The molecule has 0 aromatic rings. The first-order valence-corrected chi connectivity index (χ1v) is 13.4. The van der Waals surface area contributed by atoms with Gasteiger partial charge in [0.2, 0.25) is 0 Å². The molecular weight excluding hydrogens is 344 g/mol. The third-order valence-corrected chi connectivity index (χ3v) is 6.44. The normalized spacial score (nSPS) is 11.6. The maximum atomic E-state index is 4.58. The molecule has 0 aromatic carbocycles. The molecule has 163 valence electrons. The molecule has 0 fully saturated rings. The summed E-state index contributed by atoms with van der Waals surface area (Å²) < 4.78 is 0. The Morgan fingerprint density at radius 1 is 0.407 bits per heavy atom. The summed E-state index contributed by atoms with van der Waals surface area (Å²) in [6.07, 6.45) is 31.5. The van der Waals surface area contributed by atoms with Gasteiger partial charge in [-0.2, -0.15) is 12.6 Å². The predicted molar refractivity (Wildman–Crippen MR) is 130 cm³/mol. The summed E-state index contributed by atoms with van der Waals surface area (Å²) in [4.78, 5) is 0. The summed E-state index contributed by atoms with van der Waals surface area (Å²) in [5.41, 5.74) is 0. The van der Waals surface area contributed by atoms with Crippen molar-refractivity contribution < 1.29 is 0 Å². The fourth-order valence-corrected chi connectivity index (χ4v) is 4.32. The lowest BCUT2D eigenvalue weighted by atomic mass is 9.95. The van der Waals surface area contributed by atoms with E-state index in [0.717, 1.165) is 5.75 Å². The topological polar surface area (TPSA) is 0 Å². The molecular formula is C26H53S. The van der Waals surface area contributed by atoms with Crippen LogP contribution in [0.15, 0.2) is 0 Å². The molecule has 0 amide bonds. The van der Waals surface area contributed by atoms with Crippen molar-refractivity contribution in [1.82, 2.24) is 0 Å². The number of unbranched alkanes of at least 4 members (excludes halogenated alkanes) is 18. The van der Waals surface area contributed by atoms with Crippen LogP contribution >= 0.6 is 12.6 Å². The van der Waals surface area contributed by atoms with Gasteiger partial charge in [-0.1, -0.05) is 142 Å². The van der Waals surface area contributed by atoms with Gasteiger partial charge in [0.05, 0.1) is 0 Å². The summed E-state index contributed by atoms with van der Waals surface area (Å²) in [6.45, 7) is 4.60. The maximum absolute atomic E-state index is 4.58. The molecule has 0 spiro atoms. The Morgan fingerprint density at radius 2 is 0.667 bits per heavy atom. The van der Waals surface area contributed by atoms with Crippen molar-refractivity contribution in [1.29, 1.82) is 0 Å². The first kappa shape index (κ1) is 27.4. The van der Waals surface area contributed by atoms with E-state index in [2.05, 4.69) is 26.5 Å². The Labute approximate surface area is 179 Å². The molecule has 0 rings (SSSR count). The fourth-order valence-electron chi connectivity index (χ4n) is 4.01. The lowest BCUT2D eigenvalue weighted by Crippen LogP contribution is -2.00. The minimum absolute atomic E-state index is 1.02. The molecule has 0 heterocycles. The second-order valence-electron chi connectivity index (χ2n) is 8.77. The molecule has 0 nitrogen and oxygen atoms in total. The van der Waals surface area contributed by atoms with Gasteiger partial charge >= 0.3 is 0 Å². The third kappa shape index (κ3) is 22.5. The molecule has 0 saturated heterocycles. The zero-order valence-electron chi connectivity index (χ0n) is 19.2. The van der Waals surface area contributed by atoms with E-state index in [9.17, 15) is 0 Å². The molecule has 0 bridgehead atoms. The van der Waals surface area contributed by atoms with Gasteiger partial charge in [-0.3, -0.25) is 0 Å². The Balaban J connectivity index is 3.28. The predicted octanol–water partition coefficient (Wildman–Crippen LogP) is 10.1. The van der Waals surface area contributed by atoms with Crippen molar-refractivity contribution in [3.8, 4) is 0 Å². The summed E-state index contributed by atoms with van der Waals surface area (Å²) in [5, 5.41) is 0. The van der Waals surface area contributed by atoms with Gasteiger partial charge in [0.15, 0.2) is 0 Å². The van der Waals surface area contributed by atoms with Crippen molar-refractivity contribution >= 4 is 12.6 Å². The van der Waals surface area contributed by atoms with Gasteiger partial charge < -0.3 is 0 Å². The number of thiol groups is 1. The highest BCUT2D eigenvalue weighted by Gasteiger charge is 2.07. The smallest absolute Gasteiger partial charge is 0.00355 e. The van der Waals surface area contributed by atoms with E-state index < -0.39 is 0 Å². The summed E-state index contributed by atoms with van der Waals surface area (Å²) in [6, 6.07) is 0. The number of hydrogen-bond donors (Lipinski definition) is 1. The Bertz CT molecular complexity index is 227. The van der Waals surface area contributed by atoms with Crippen LogP contribution in [-0.4, -0.2) is 5.75 Å². The summed E-state index contributed by atoms with van der Waals surface area (Å²) in [5.74, 6) is 2.74. The van der Waals surface area contributed by atoms with Gasteiger partial charge in [0.1, 0.15) is 0 Å².